The molecule has 0 fully saturated rings. The van der Waals surface area contributed by atoms with E-state index in [-0.39, 0.29) is 6.42 Å². The Hall–Kier alpha value is -1.31. The molecule has 0 spiro atoms. The van der Waals surface area contributed by atoms with E-state index in [1.165, 1.54) is 25.7 Å². The molecule has 114 valence electrons. The van der Waals surface area contributed by atoms with Crippen LogP contribution in [0.15, 0.2) is 36.5 Å². The van der Waals surface area contributed by atoms with Crippen molar-refractivity contribution in [2.45, 2.75) is 71.1 Å². The first-order valence-electron chi connectivity index (χ1n) is 7.94. The van der Waals surface area contributed by atoms with Gasteiger partial charge in [0.1, 0.15) is 0 Å². The van der Waals surface area contributed by atoms with Gasteiger partial charge in [-0.2, -0.15) is 0 Å². The maximum atomic E-state index is 10.3. The van der Waals surface area contributed by atoms with E-state index in [4.69, 9.17) is 5.11 Å². The smallest absolute Gasteiger partial charge is 0.303 e. The van der Waals surface area contributed by atoms with Gasteiger partial charge in [-0.3, -0.25) is 4.79 Å². The van der Waals surface area contributed by atoms with E-state index in [1.807, 2.05) is 0 Å². The third-order valence-corrected chi connectivity index (χ3v) is 3.01. The van der Waals surface area contributed by atoms with Gasteiger partial charge in [0.15, 0.2) is 0 Å². The summed E-state index contributed by atoms with van der Waals surface area (Å²) in [4.78, 5) is 10.3. The fraction of sp³-hybridized carbons (Fsp3) is 0.611. The van der Waals surface area contributed by atoms with Crippen LogP contribution in [-0.2, 0) is 4.79 Å². The topological polar surface area (TPSA) is 37.3 Å². The summed E-state index contributed by atoms with van der Waals surface area (Å²) in [5, 5.41) is 8.48. The van der Waals surface area contributed by atoms with Crippen molar-refractivity contribution in [3.05, 3.63) is 36.5 Å². The van der Waals surface area contributed by atoms with E-state index in [0.29, 0.717) is 0 Å². The van der Waals surface area contributed by atoms with Crippen molar-refractivity contribution in [1.29, 1.82) is 0 Å². The summed E-state index contributed by atoms with van der Waals surface area (Å²) in [7, 11) is 0. The summed E-state index contributed by atoms with van der Waals surface area (Å²) in [6, 6.07) is 0. The number of carbonyl (C=O) groups is 1. The summed E-state index contributed by atoms with van der Waals surface area (Å²) in [5.74, 6) is -0.705. The molecule has 2 nitrogen and oxygen atoms in total. The Bertz CT molecular complexity index is 301. The van der Waals surface area contributed by atoms with Crippen molar-refractivity contribution in [3.63, 3.8) is 0 Å². The molecule has 0 aliphatic rings. The molecule has 0 amide bonds. The molecule has 0 radical (unpaired) electrons. The number of unbranched alkanes of at least 4 members (excludes halogenated alkanes) is 5. The molecule has 0 aliphatic carbocycles. The monoisotopic (exact) mass is 278 g/mol. The van der Waals surface area contributed by atoms with Crippen LogP contribution in [0.1, 0.15) is 71.1 Å². The molecular weight excluding hydrogens is 248 g/mol. The van der Waals surface area contributed by atoms with Gasteiger partial charge in [-0.25, -0.2) is 0 Å². The normalized spacial score (nSPS) is 12.1. The summed E-state index contributed by atoms with van der Waals surface area (Å²) in [6.45, 7) is 2.23. The minimum Gasteiger partial charge on any atom is -0.481 e. The molecule has 0 rings (SSSR count). The van der Waals surface area contributed by atoms with Crippen LogP contribution >= 0.6 is 0 Å². The zero-order chi connectivity index (χ0) is 14.9. The van der Waals surface area contributed by atoms with Crippen molar-refractivity contribution < 1.29 is 9.90 Å². The first-order chi connectivity index (χ1) is 9.77. The summed E-state index contributed by atoms with van der Waals surface area (Å²) in [5.41, 5.74) is 0. The molecular formula is C18H30O2. The Kier molecular flexibility index (Phi) is 14.7. The van der Waals surface area contributed by atoms with E-state index in [2.05, 4.69) is 43.4 Å². The van der Waals surface area contributed by atoms with Crippen molar-refractivity contribution in [2.75, 3.05) is 0 Å². The van der Waals surface area contributed by atoms with E-state index in [1.54, 1.807) is 0 Å². The number of hydrogen-bond acceptors (Lipinski definition) is 1. The Morgan fingerprint density at radius 3 is 2.00 bits per heavy atom. The lowest BCUT2D eigenvalue weighted by atomic mass is 10.2. The molecule has 0 atom stereocenters. The van der Waals surface area contributed by atoms with Crippen molar-refractivity contribution in [2.24, 2.45) is 0 Å². The molecule has 0 aliphatic heterocycles. The quantitative estimate of drug-likeness (QED) is 0.348. The van der Waals surface area contributed by atoms with Gasteiger partial charge in [0.05, 0.1) is 0 Å². The van der Waals surface area contributed by atoms with E-state index in [0.717, 1.165) is 32.1 Å². The third kappa shape index (κ3) is 16.7. The largest absolute Gasteiger partial charge is 0.481 e. The first-order valence-corrected chi connectivity index (χ1v) is 7.94. The van der Waals surface area contributed by atoms with Crippen molar-refractivity contribution >= 4 is 5.97 Å². The molecule has 0 aromatic rings. The van der Waals surface area contributed by atoms with E-state index >= 15 is 0 Å². The maximum absolute atomic E-state index is 10.3. The van der Waals surface area contributed by atoms with Crippen LogP contribution in [0.4, 0.5) is 0 Å². The maximum Gasteiger partial charge on any atom is 0.303 e. The second-order valence-electron chi connectivity index (χ2n) is 5.01. The summed E-state index contributed by atoms with van der Waals surface area (Å²) in [6.07, 6.45) is 23.4. The summed E-state index contributed by atoms with van der Waals surface area (Å²) >= 11 is 0. The Morgan fingerprint density at radius 1 is 0.800 bits per heavy atom. The van der Waals surface area contributed by atoms with Crippen LogP contribution in [0.3, 0.4) is 0 Å². The molecule has 0 bridgehead atoms. The first kappa shape index (κ1) is 18.7. The van der Waals surface area contributed by atoms with Gasteiger partial charge >= 0.3 is 5.97 Å². The Labute approximate surface area is 124 Å². The van der Waals surface area contributed by atoms with Crippen LogP contribution in [-0.4, -0.2) is 11.1 Å². The van der Waals surface area contributed by atoms with Crippen LogP contribution < -0.4 is 0 Å². The van der Waals surface area contributed by atoms with Gasteiger partial charge in [-0.15, -0.1) is 0 Å². The predicted molar refractivity (Wildman–Crippen MR) is 86.9 cm³/mol. The average molecular weight is 278 g/mol. The lowest BCUT2D eigenvalue weighted by molar-refractivity contribution is -0.137. The molecule has 0 saturated heterocycles. The fourth-order valence-corrected chi connectivity index (χ4v) is 1.82. The van der Waals surface area contributed by atoms with Gasteiger partial charge in [0.25, 0.3) is 0 Å². The molecule has 0 heterocycles. The number of carboxylic acids is 1. The lowest BCUT2D eigenvalue weighted by Gasteiger charge is -1.91. The second-order valence-corrected chi connectivity index (χ2v) is 5.01. The molecule has 1 N–H and O–H groups in total. The van der Waals surface area contributed by atoms with Crippen LogP contribution in [0.2, 0.25) is 0 Å². The fourth-order valence-electron chi connectivity index (χ4n) is 1.82. The standard InChI is InChI=1S/C18H30O2/c1-2-3-4-5-6-7-8-9-10-11-12-13-14-15-16-17-18(19)20/h6-7,9-10,13-14H,2-5,8,11-12,15-17H2,1H3,(H,19,20)/b7-6-,10-9?,14-13?. The highest BCUT2D eigenvalue weighted by Crippen LogP contribution is 2.02. The minimum atomic E-state index is -0.705. The second kappa shape index (κ2) is 15.7. The van der Waals surface area contributed by atoms with Crippen molar-refractivity contribution in [1.82, 2.24) is 0 Å². The van der Waals surface area contributed by atoms with Crippen LogP contribution in [0.5, 0.6) is 0 Å². The number of aliphatic carboxylic acids is 1. The van der Waals surface area contributed by atoms with Crippen molar-refractivity contribution in [3.8, 4) is 0 Å². The van der Waals surface area contributed by atoms with Crippen LogP contribution in [0.25, 0.3) is 0 Å². The number of allylic oxidation sites excluding steroid dienone is 6. The molecule has 0 unspecified atom stereocenters. The SMILES string of the molecule is CCCCC/C=C\CC=CCCC=CCCCC(=O)O. The van der Waals surface area contributed by atoms with E-state index in [9.17, 15) is 4.79 Å². The zero-order valence-electron chi connectivity index (χ0n) is 12.9. The predicted octanol–water partition coefficient (Wildman–Crippen LogP) is 5.66. The Balaban J connectivity index is 3.30. The van der Waals surface area contributed by atoms with Crippen LogP contribution in [0, 0.1) is 0 Å². The number of hydrogen-bond donors (Lipinski definition) is 1. The Morgan fingerprint density at radius 2 is 1.35 bits per heavy atom. The highest BCUT2D eigenvalue weighted by molar-refractivity contribution is 5.66. The lowest BCUT2D eigenvalue weighted by Crippen LogP contribution is -1.92. The molecule has 20 heavy (non-hydrogen) atoms. The molecule has 0 aromatic heterocycles. The molecule has 0 aromatic carbocycles. The van der Waals surface area contributed by atoms with E-state index < -0.39 is 5.97 Å². The average Bonchev–Trinajstić information content (AvgIpc) is 2.43. The number of rotatable bonds is 13. The molecule has 0 saturated carbocycles. The van der Waals surface area contributed by atoms with Gasteiger partial charge in [0.2, 0.25) is 0 Å². The highest BCUT2D eigenvalue weighted by Gasteiger charge is 1.92. The van der Waals surface area contributed by atoms with Gasteiger partial charge in [0, 0.05) is 6.42 Å². The van der Waals surface area contributed by atoms with Gasteiger partial charge < -0.3 is 5.11 Å². The minimum absolute atomic E-state index is 0.273. The number of carboxylic acid groups (broad SMARTS) is 1. The highest BCUT2D eigenvalue weighted by atomic mass is 16.4. The van der Waals surface area contributed by atoms with Gasteiger partial charge in [-0.1, -0.05) is 56.2 Å². The zero-order valence-corrected chi connectivity index (χ0v) is 12.9. The third-order valence-electron chi connectivity index (χ3n) is 3.01. The molecule has 2 heteroatoms. The van der Waals surface area contributed by atoms with Gasteiger partial charge in [-0.05, 0) is 44.9 Å². The summed E-state index contributed by atoms with van der Waals surface area (Å²) < 4.78 is 0.